The Labute approximate surface area is 180 Å². The minimum absolute atomic E-state index is 0.0124. The van der Waals surface area contributed by atoms with Crippen molar-refractivity contribution in [2.45, 2.75) is 13.0 Å². The Morgan fingerprint density at radius 2 is 1.88 bits per heavy atom. The molecule has 1 amide bonds. The number of nitrogens with one attached hydrogen (secondary N) is 1. The van der Waals surface area contributed by atoms with Crippen LogP contribution in [0.1, 0.15) is 22.3 Å². The molecular formula is C22H17N3O7. The zero-order valence-electron chi connectivity index (χ0n) is 16.9. The third-order valence-corrected chi connectivity index (χ3v) is 4.37. The van der Waals surface area contributed by atoms with E-state index in [0.29, 0.717) is 16.8 Å². The highest BCUT2D eigenvalue weighted by molar-refractivity contribution is 5.93. The largest absolute Gasteiger partial charge is 0.495 e. The molecule has 10 heteroatoms. The van der Waals surface area contributed by atoms with Gasteiger partial charge in [-0.05, 0) is 24.3 Å². The Hall–Kier alpha value is -4.47. The number of aromatic nitrogens is 2. The fourth-order valence-electron chi connectivity index (χ4n) is 2.91. The number of nitrogens with zero attached hydrogens (tertiary/aromatic N) is 2. The topological polar surface area (TPSA) is 134 Å². The number of carbonyl (C=O) groups is 2. The third kappa shape index (κ3) is 4.64. The summed E-state index contributed by atoms with van der Waals surface area (Å²) in [7, 11) is 1.50. The van der Waals surface area contributed by atoms with Crippen molar-refractivity contribution in [3.8, 4) is 5.75 Å². The first-order chi connectivity index (χ1) is 15.5. The molecule has 0 aliphatic carbocycles. The number of benzene rings is 2. The van der Waals surface area contributed by atoms with Crippen LogP contribution in [0, 0.1) is 0 Å². The van der Waals surface area contributed by atoms with Gasteiger partial charge in [-0.1, -0.05) is 29.4 Å². The number of hydrogen-bond acceptors (Lipinski definition) is 9. The highest BCUT2D eigenvalue weighted by Crippen LogP contribution is 2.23. The molecule has 1 N–H and O–H groups in total. The van der Waals surface area contributed by atoms with E-state index in [-0.39, 0.29) is 47.4 Å². The van der Waals surface area contributed by atoms with Crippen LogP contribution in [0.3, 0.4) is 0 Å². The minimum Gasteiger partial charge on any atom is -0.495 e. The first kappa shape index (κ1) is 20.8. The van der Waals surface area contributed by atoms with E-state index in [1.54, 1.807) is 48.5 Å². The van der Waals surface area contributed by atoms with Gasteiger partial charge in [0.15, 0.2) is 17.9 Å². The van der Waals surface area contributed by atoms with Crippen molar-refractivity contribution in [2.75, 3.05) is 12.4 Å². The van der Waals surface area contributed by atoms with Crippen molar-refractivity contribution in [3.63, 3.8) is 0 Å². The molecule has 2 aromatic heterocycles. The molecule has 0 radical (unpaired) electrons. The second kappa shape index (κ2) is 9.13. The molecule has 162 valence electrons. The first-order valence-corrected chi connectivity index (χ1v) is 9.48. The van der Waals surface area contributed by atoms with Gasteiger partial charge >= 0.3 is 5.97 Å². The van der Waals surface area contributed by atoms with E-state index in [1.807, 2.05) is 0 Å². The fourth-order valence-corrected chi connectivity index (χ4v) is 2.91. The van der Waals surface area contributed by atoms with Crippen molar-refractivity contribution in [1.82, 2.24) is 10.1 Å². The van der Waals surface area contributed by atoms with Gasteiger partial charge in [-0.25, -0.2) is 4.79 Å². The molecule has 10 nitrogen and oxygen atoms in total. The summed E-state index contributed by atoms with van der Waals surface area (Å²) in [5.41, 5.74) is 0.419. The second-order valence-electron chi connectivity index (χ2n) is 6.58. The van der Waals surface area contributed by atoms with Crippen molar-refractivity contribution in [1.29, 1.82) is 0 Å². The number of carbonyl (C=O) groups excluding carboxylic acids is 2. The Bertz CT molecular complexity index is 1340. The maximum absolute atomic E-state index is 12.2. The number of ether oxygens (including phenoxy) is 2. The predicted molar refractivity (Wildman–Crippen MR) is 111 cm³/mol. The van der Waals surface area contributed by atoms with Crippen molar-refractivity contribution < 1.29 is 28.0 Å². The average molecular weight is 435 g/mol. The lowest BCUT2D eigenvalue weighted by Gasteiger charge is -2.08. The summed E-state index contributed by atoms with van der Waals surface area (Å²) in [4.78, 5) is 40.6. The van der Waals surface area contributed by atoms with Gasteiger partial charge < -0.3 is 23.7 Å². The third-order valence-electron chi connectivity index (χ3n) is 4.37. The predicted octanol–water partition coefficient (Wildman–Crippen LogP) is 2.72. The molecule has 0 bridgehead atoms. The monoisotopic (exact) mass is 435 g/mol. The summed E-state index contributed by atoms with van der Waals surface area (Å²) in [5, 5.41) is 6.76. The van der Waals surface area contributed by atoms with Gasteiger partial charge in [0.1, 0.15) is 11.3 Å². The van der Waals surface area contributed by atoms with Crippen molar-refractivity contribution in [2.24, 2.45) is 0 Å². The fraction of sp³-hybridized carbons (Fsp3) is 0.136. The maximum atomic E-state index is 12.2. The number of esters is 1. The number of fused-ring (bicyclic) bond motifs is 1. The first-order valence-electron chi connectivity index (χ1n) is 9.48. The lowest BCUT2D eigenvalue weighted by molar-refractivity contribution is -0.115. The molecule has 0 unspecified atom stereocenters. The number of para-hydroxylation sites is 3. The van der Waals surface area contributed by atoms with Crippen LogP contribution in [0.15, 0.2) is 68.3 Å². The van der Waals surface area contributed by atoms with E-state index >= 15 is 0 Å². The number of amides is 1. The second-order valence-corrected chi connectivity index (χ2v) is 6.58. The normalized spacial score (nSPS) is 10.7. The minimum atomic E-state index is -0.860. The van der Waals surface area contributed by atoms with Crippen LogP contribution in [0.4, 0.5) is 5.69 Å². The molecule has 2 aromatic carbocycles. The highest BCUT2D eigenvalue weighted by Gasteiger charge is 2.17. The summed E-state index contributed by atoms with van der Waals surface area (Å²) >= 11 is 0. The van der Waals surface area contributed by atoms with Crippen LogP contribution in [0.25, 0.3) is 11.0 Å². The van der Waals surface area contributed by atoms with E-state index in [9.17, 15) is 14.4 Å². The molecule has 0 spiro atoms. The molecule has 0 atom stereocenters. The molecule has 0 fully saturated rings. The van der Waals surface area contributed by atoms with Crippen LogP contribution in [0.5, 0.6) is 5.75 Å². The Kier molecular flexibility index (Phi) is 5.93. The summed E-state index contributed by atoms with van der Waals surface area (Å²) in [6.07, 6.45) is -0.158. The zero-order chi connectivity index (χ0) is 22.5. The lowest BCUT2D eigenvalue weighted by Crippen LogP contribution is -2.15. The van der Waals surface area contributed by atoms with E-state index in [2.05, 4.69) is 15.5 Å². The van der Waals surface area contributed by atoms with Crippen LogP contribution in [-0.2, 0) is 22.6 Å². The molecule has 32 heavy (non-hydrogen) atoms. The van der Waals surface area contributed by atoms with E-state index in [1.165, 1.54) is 7.11 Å². The summed E-state index contributed by atoms with van der Waals surface area (Å²) in [6, 6.07) is 14.6. The van der Waals surface area contributed by atoms with E-state index in [4.69, 9.17) is 18.4 Å². The zero-order valence-corrected chi connectivity index (χ0v) is 16.9. The molecule has 0 saturated heterocycles. The van der Waals surface area contributed by atoms with Gasteiger partial charge in [-0.2, -0.15) is 4.98 Å². The summed E-state index contributed by atoms with van der Waals surface area (Å²) in [5.74, 6) is -0.868. The van der Waals surface area contributed by atoms with E-state index in [0.717, 1.165) is 6.07 Å². The number of anilines is 1. The summed E-state index contributed by atoms with van der Waals surface area (Å²) in [6.45, 7) is -0.351. The Morgan fingerprint density at radius 3 is 2.72 bits per heavy atom. The quantitative estimate of drug-likeness (QED) is 0.435. The molecular weight excluding hydrogens is 418 g/mol. The molecule has 4 aromatic rings. The highest BCUT2D eigenvalue weighted by atomic mass is 16.6. The SMILES string of the molecule is COc1ccccc1NC(=O)Cc1noc(COC(=O)c2cc(=O)c3ccccc3o2)n1. The number of rotatable bonds is 7. The maximum Gasteiger partial charge on any atom is 0.374 e. The van der Waals surface area contributed by atoms with Crippen LogP contribution < -0.4 is 15.5 Å². The Morgan fingerprint density at radius 1 is 1.09 bits per heavy atom. The molecule has 0 aliphatic rings. The molecule has 0 aliphatic heterocycles. The van der Waals surface area contributed by atoms with Gasteiger partial charge in [0.25, 0.3) is 5.89 Å². The molecule has 4 rings (SSSR count). The number of hydrogen-bond donors (Lipinski definition) is 1. The van der Waals surface area contributed by atoms with Gasteiger partial charge in [0.05, 0.1) is 24.6 Å². The van der Waals surface area contributed by atoms with Crippen LogP contribution in [0.2, 0.25) is 0 Å². The molecule has 2 heterocycles. The van der Waals surface area contributed by atoms with Crippen molar-refractivity contribution >= 4 is 28.5 Å². The summed E-state index contributed by atoms with van der Waals surface area (Å²) < 4.78 is 20.7. The van der Waals surface area contributed by atoms with Crippen molar-refractivity contribution in [3.05, 3.63) is 82.3 Å². The van der Waals surface area contributed by atoms with Gasteiger partial charge in [0, 0.05) is 6.07 Å². The molecule has 0 saturated carbocycles. The van der Waals surface area contributed by atoms with Gasteiger partial charge in [-0.15, -0.1) is 0 Å². The lowest BCUT2D eigenvalue weighted by atomic mass is 10.2. The van der Waals surface area contributed by atoms with Gasteiger partial charge in [-0.3, -0.25) is 9.59 Å². The number of methoxy groups -OCH3 is 1. The average Bonchev–Trinajstić information content (AvgIpc) is 3.24. The van der Waals surface area contributed by atoms with Crippen LogP contribution >= 0.6 is 0 Å². The van der Waals surface area contributed by atoms with E-state index < -0.39 is 5.97 Å². The smallest absolute Gasteiger partial charge is 0.374 e. The Balaban J connectivity index is 1.36. The van der Waals surface area contributed by atoms with Gasteiger partial charge in [0.2, 0.25) is 11.7 Å². The standard InChI is InChI=1S/C22H17N3O7/c1-29-17-9-5-3-7-14(17)23-20(27)11-19-24-21(32-25-19)12-30-22(28)18-10-15(26)13-6-2-4-8-16(13)31-18/h2-10H,11-12H2,1H3,(H,23,27). The van der Waals surface area contributed by atoms with Crippen LogP contribution in [-0.4, -0.2) is 29.1 Å².